The number of hydrogen-bond donors (Lipinski definition) is 0. The summed E-state index contributed by atoms with van der Waals surface area (Å²) in [5.74, 6) is 0.593. The molecule has 0 fully saturated rings. The number of rotatable bonds is 2. The first kappa shape index (κ1) is 9.86. The molecule has 0 aliphatic heterocycles. The molecule has 0 saturated heterocycles. The van der Waals surface area contributed by atoms with E-state index in [-0.39, 0.29) is 6.01 Å². The van der Waals surface area contributed by atoms with E-state index < -0.39 is 0 Å². The van der Waals surface area contributed by atoms with Gasteiger partial charge < -0.3 is 4.74 Å². The Balaban J connectivity index is 2.22. The van der Waals surface area contributed by atoms with Gasteiger partial charge in [-0.3, -0.25) is 0 Å². The summed E-state index contributed by atoms with van der Waals surface area (Å²) in [5.41, 5.74) is 0.752. The zero-order chi connectivity index (χ0) is 10.7. The van der Waals surface area contributed by atoms with Crippen molar-refractivity contribution in [3.63, 3.8) is 0 Å². The highest BCUT2D eigenvalue weighted by atomic mass is 35.5. The second kappa shape index (κ2) is 4.23. The fourth-order valence-electron chi connectivity index (χ4n) is 1.04. The molecule has 76 valence electrons. The maximum absolute atomic E-state index is 5.81. The number of hydrogen-bond acceptors (Lipinski definition) is 4. The van der Waals surface area contributed by atoms with E-state index in [1.807, 2.05) is 6.92 Å². The van der Waals surface area contributed by atoms with Gasteiger partial charge in [-0.05, 0) is 25.1 Å². The molecule has 4 nitrogen and oxygen atoms in total. The van der Waals surface area contributed by atoms with Crippen LogP contribution in [-0.4, -0.2) is 15.2 Å². The molecule has 0 atom stereocenters. The quantitative estimate of drug-likeness (QED) is 0.782. The summed E-state index contributed by atoms with van der Waals surface area (Å²) in [6.45, 7) is 1.82. The van der Waals surface area contributed by atoms with E-state index in [0.29, 0.717) is 10.8 Å². The maximum Gasteiger partial charge on any atom is 0.341 e. The fraction of sp³-hybridized carbons (Fsp3) is 0.100. The van der Waals surface area contributed by atoms with Crippen LogP contribution < -0.4 is 4.74 Å². The highest BCUT2D eigenvalue weighted by Gasteiger charge is 2.01. The lowest BCUT2D eigenvalue weighted by molar-refractivity contribution is 0.431. The Morgan fingerprint density at radius 3 is 2.93 bits per heavy atom. The molecule has 0 amide bonds. The van der Waals surface area contributed by atoms with Crippen molar-refractivity contribution in [2.75, 3.05) is 0 Å². The first-order valence-electron chi connectivity index (χ1n) is 4.34. The highest BCUT2D eigenvalue weighted by molar-refractivity contribution is 6.30. The van der Waals surface area contributed by atoms with E-state index in [0.717, 1.165) is 5.69 Å². The van der Waals surface area contributed by atoms with E-state index in [9.17, 15) is 0 Å². The predicted molar refractivity (Wildman–Crippen MR) is 56.1 cm³/mol. The minimum Gasteiger partial charge on any atom is -0.423 e. The number of nitrogens with zero attached hydrogens (tertiary/aromatic N) is 3. The second-order valence-electron chi connectivity index (χ2n) is 2.94. The third-order valence-electron chi connectivity index (χ3n) is 1.67. The molecule has 1 aromatic carbocycles. The molecule has 0 saturated carbocycles. The van der Waals surface area contributed by atoms with Crippen LogP contribution >= 0.6 is 11.6 Å². The van der Waals surface area contributed by atoms with E-state index in [4.69, 9.17) is 16.3 Å². The Bertz CT molecular complexity index is 432. The van der Waals surface area contributed by atoms with Gasteiger partial charge in [-0.1, -0.05) is 22.8 Å². The van der Waals surface area contributed by atoms with Crippen molar-refractivity contribution in [3.05, 3.63) is 41.2 Å². The largest absolute Gasteiger partial charge is 0.423 e. The molecular weight excluding hydrogens is 214 g/mol. The number of aryl methyl sites for hydroxylation is 1. The molecule has 0 spiro atoms. The summed E-state index contributed by atoms with van der Waals surface area (Å²) in [5, 5.41) is 8.08. The van der Waals surface area contributed by atoms with Crippen LogP contribution in [0.3, 0.4) is 0 Å². The van der Waals surface area contributed by atoms with Crippen molar-refractivity contribution in [1.29, 1.82) is 0 Å². The minimum absolute atomic E-state index is 0.220. The number of benzene rings is 1. The van der Waals surface area contributed by atoms with Crippen molar-refractivity contribution in [1.82, 2.24) is 15.2 Å². The minimum atomic E-state index is 0.220. The lowest BCUT2D eigenvalue weighted by Crippen LogP contribution is -1.95. The van der Waals surface area contributed by atoms with Crippen LogP contribution in [0.1, 0.15) is 5.69 Å². The Morgan fingerprint density at radius 1 is 1.33 bits per heavy atom. The molecule has 1 heterocycles. The van der Waals surface area contributed by atoms with Gasteiger partial charge in [0.15, 0.2) is 0 Å². The van der Waals surface area contributed by atoms with Gasteiger partial charge in [-0.2, -0.15) is 10.1 Å². The average Bonchev–Trinajstić information content (AvgIpc) is 2.17. The Morgan fingerprint density at radius 2 is 2.20 bits per heavy atom. The topological polar surface area (TPSA) is 47.9 Å². The third kappa shape index (κ3) is 2.63. The van der Waals surface area contributed by atoms with E-state index in [1.54, 1.807) is 30.5 Å². The zero-order valence-corrected chi connectivity index (χ0v) is 8.77. The van der Waals surface area contributed by atoms with Gasteiger partial charge in [-0.15, -0.1) is 0 Å². The molecule has 0 aliphatic carbocycles. The van der Waals surface area contributed by atoms with E-state index in [1.165, 1.54) is 0 Å². The van der Waals surface area contributed by atoms with Crippen molar-refractivity contribution in [2.24, 2.45) is 0 Å². The fourth-order valence-corrected chi connectivity index (χ4v) is 1.22. The normalized spacial score (nSPS) is 10.0. The molecule has 2 aromatic rings. The second-order valence-corrected chi connectivity index (χ2v) is 3.38. The molecule has 2 rings (SSSR count). The summed E-state index contributed by atoms with van der Waals surface area (Å²) in [6, 6.07) is 7.24. The van der Waals surface area contributed by atoms with Gasteiger partial charge in [0.25, 0.3) is 0 Å². The molecule has 0 bridgehead atoms. The van der Waals surface area contributed by atoms with Gasteiger partial charge in [-0.25, -0.2) is 0 Å². The molecule has 1 aromatic heterocycles. The molecule has 0 unspecified atom stereocenters. The van der Waals surface area contributed by atoms with Gasteiger partial charge in [0.2, 0.25) is 0 Å². The number of ether oxygens (including phenoxy) is 1. The summed E-state index contributed by atoms with van der Waals surface area (Å²) >= 11 is 5.81. The summed E-state index contributed by atoms with van der Waals surface area (Å²) in [7, 11) is 0. The average molecular weight is 222 g/mol. The predicted octanol–water partition coefficient (Wildman–Crippen LogP) is 2.63. The zero-order valence-electron chi connectivity index (χ0n) is 8.01. The number of aromatic nitrogens is 3. The monoisotopic (exact) mass is 221 g/mol. The summed E-state index contributed by atoms with van der Waals surface area (Å²) in [6.07, 6.45) is 1.56. The maximum atomic E-state index is 5.81. The van der Waals surface area contributed by atoms with Crippen molar-refractivity contribution < 1.29 is 4.74 Å². The first-order valence-corrected chi connectivity index (χ1v) is 4.71. The Hall–Kier alpha value is -1.68. The van der Waals surface area contributed by atoms with E-state index in [2.05, 4.69) is 15.2 Å². The van der Waals surface area contributed by atoms with Crippen LogP contribution in [0.5, 0.6) is 11.8 Å². The van der Waals surface area contributed by atoms with Crippen LogP contribution in [0.2, 0.25) is 5.02 Å². The smallest absolute Gasteiger partial charge is 0.341 e. The van der Waals surface area contributed by atoms with Crippen molar-refractivity contribution in [3.8, 4) is 11.8 Å². The molecular formula is C10H8ClN3O. The van der Waals surface area contributed by atoms with Crippen molar-refractivity contribution in [2.45, 2.75) is 6.92 Å². The summed E-state index contributed by atoms with van der Waals surface area (Å²) in [4.78, 5) is 4.06. The highest BCUT2D eigenvalue weighted by Crippen LogP contribution is 2.20. The van der Waals surface area contributed by atoms with Gasteiger partial charge >= 0.3 is 6.01 Å². The van der Waals surface area contributed by atoms with Gasteiger partial charge in [0.05, 0.1) is 11.9 Å². The lowest BCUT2D eigenvalue weighted by Gasteiger charge is -2.02. The molecule has 5 heteroatoms. The third-order valence-corrected chi connectivity index (χ3v) is 1.90. The van der Waals surface area contributed by atoms with Gasteiger partial charge in [0.1, 0.15) is 5.75 Å². The Labute approximate surface area is 91.9 Å². The Kier molecular flexibility index (Phi) is 2.78. The SMILES string of the molecule is Cc1cnnc(Oc2cccc(Cl)c2)n1. The standard InChI is InChI=1S/C10H8ClN3O/c1-7-6-12-14-10(13-7)15-9-4-2-3-8(11)5-9/h2-6H,1H3. The molecule has 0 radical (unpaired) electrons. The molecule has 0 aliphatic rings. The van der Waals surface area contributed by atoms with Crippen LogP contribution in [0.25, 0.3) is 0 Å². The van der Waals surface area contributed by atoms with Crippen molar-refractivity contribution >= 4 is 11.6 Å². The first-order chi connectivity index (χ1) is 7.24. The van der Waals surface area contributed by atoms with Crippen LogP contribution in [0.4, 0.5) is 0 Å². The van der Waals surface area contributed by atoms with Gasteiger partial charge in [0, 0.05) is 5.02 Å². The van der Waals surface area contributed by atoms with Crippen LogP contribution in [0, 0.1) is 6.92 Å². The lowest BCUT2D eigenvalue weighted by atomic mass is 10.3. The molecule has 15 heavy (non-hydrogen) atoms. The van der Waals surface area contributed by atoms with Crippen LogP contribution in [0.15, 0.2) is 30.5 Å². The van der Waals surface area contributed by atoms with Crippen LogP contribution in [-0.2, 0) is 0 Å². The summed E-state index contributed by atoms with van der Waals surface area (Å²) < 4.78 is 5.37. The molecule has 0 N–H and O–H groups in total. The van der Waals surface area contributed by atoms with E-state index >= 15 is 0 Å². The number of halogens is 1.